The lowest BCUT2D eigenvalue weighted by atomic mass is 10.1. The second kappa shape index (κ2) is 22.3. The average molecular weight is 651 g/mol. The van der Waals surface area contributed by atoms with Gasteiger partial charge in [0.15, 0.2) is 0 Å². The molecule has 2 N–H and O–H groups in total. The molecule has 0 aromatic heterocycles. The Morgan fingerprint density at radius 1 is 0.957 bits per heavy atom. The van der Waals surface area contributed by atoms with Crippen LogP contribution in [-0.4, -0.2) is 137 Å². The first-order chi connectivity index (χ1) is 23.0. The summed E-state index contributed by atoms with van der Waals surface area (Å²) in [6, 6.07) is 10.6. The molecule has 0 bridgehead atoms. The zero-order valence-corrected chi connectivity index (χ0v) is 29.0. The number of ether oxygens (including phenoxy) is 3. The van der Waals surface area contributed by atoms with Crippen LogP contribution >= 0.6 is 0 Å². The molecule has 2 saturated heterocycles. The van der Waals surface area contributed by atoms with Gasteiger partial charge in [-0.2, -0.15) is 0 Å². The van der Waals surface area contributed by atoms with E-state index in [2.05, 4.69) is 92.2 Å². The predicted octanol–water partition coefficient (Wildman–Crippen LogP) is 4.00. The van der Waals surface area contributed by atoms with Crippen LogP contribution in [0.25, 0.3) is 0 Å². The number of guanidine groups is 1. The van der Waals surface area contributed by atoms with Gasteiger partial charge in [0.2, 0.25) is 5.96 Å². The van der Waals surface area contributed by atoms with Gasteiger partial charge in [0.1, 0.15) is 5.70 Å². The Morgan fingerprint density at radius 2 is 1.62 bits per heavy atom. The van der Waals surface area contributed by atoms with Gasteiger partial charge in [-0.1, -0.05) is 42.5 Å². The van der Waals surface area contributed by atoms with Crippen LogP contribution in [0.3, 0.4) is 0 Å². The largest absolute Gasteiger partial charge is 0.403 e. The number of aliphatic imine (C=N–C) groups is 3. The van der Waals surface area contributed by atoms with E-state index >= 15 is 0 Å². The van der Waals surface area contributed by atoms with E-state index in [0.29, 0.717) is 44.0 Å². The van der Waals surface area contributed by atoms with E-state index in [0.717, 1.165) is 84.0 Å². The highest BCUT2D eigenvalue weighted by atomic mass is 16.5. The molecule has 2 fully saturated rings. The molecule has 0 spiro atoms. The van der Waals surface area contributed by atoms with E-state index in [1.54, 1.807) is 13.3 Å². The quantitative estimate of drug-likeness (QED) is 0.104. The molecule has 11 heteroatoms. The van der Waals surface area contributed by atoms with Crippen LogP contribution in [0.2, 0.25) is 0 Å². The van der Waals surface area contributed by atoms with E-state index in [1.807, 2.05) is 12.1 Å². The first-order valence-corrected chi connectivity index (χ1v) is 17.0. The predicted molar refractivity (Wildman–Crippen MR) is 194 cm³/mol. The van der Waals surface area contributed by atoms with Crippen LogP contribution < -0.4 is 5.73 Å². The van der Waals surface area contributed by atoms with Crippen molar-refractivity contribution >= 4 is 19.4 Å². The molecule has 2 aliphatic heterocycles. The van der Waals surface area contributed by atoms with E-state index in [1.165, 1.54) is 11.8 Å². The molecule has 0 atom stereocenters. The molecule has 0 amide bonds. The first-order valence-electron chi connectivity index (χ1n) is 17.0. The zero-order chi connectivity index (χ0) is 33.7. The van der Waals surface area contributed by atoms with Crippen molar-refractivity contribution in [2.75, 3.05) is 85.8 Å². The van der Waals surface area contributed by atoms with Gasteiger partial charge >= 0.3 is 0 Å². The monoisotopic (exact) mass is 650 g/mol. The third-order valence-corrected chi connectivity index (χ3v) is 8.62. The number of allylic oxidation sites excluding steroid dienone is 2. The normalized spacial score (nSPS) is 18.0. The molecule has 2 aliphatic rings. The van der Waals surface area contributed by atoms with Crippen molar-refractivity contribution in [3.05, 3.63) is 71.8 Å². The number of hydrogen-bond acceptors (Lipinski definition) is 9. The van der Waals surface area contributed by atoms with Crippen LogP contribution in [0.15, 0.2) is 81.3 Å². The summed E-state index contributed by atoms with van der Waals surface area (Å²) in [6.45, 7) is 23.1. The van der Waals surface area contributed by atoms with Gasteiger partial charge in [-0.3, -0.25) is 14.8 Å². The minimum atomic E-state index is 0.222. The number of piperazine rings is 1. The number of piperidine rings is 1. The lowest BCUT2D eigenvalue weighted by Gasteiger charge is -2.34. The Morgan fingerprint density at radius 3 is 2.19 bits per heavy atom. The van der Waals surface area contributed by atoms with Gasteiger partial charge in [0.05, 0.1) is 38.2 Å². The summed E-state index contributed by atoms with van der Waals surface area (Å²) in [5.41, 5.74) is 8.76. The summed E-state index contributed by atoms with van der Waals surface area (Å²) in [5.74, 6) is 0.641. The molecular formula is C36H58N8O3. The van der Waals surface area contributed by atoms with Crippen LogP contribution in [0, 0.1) is 0 Å². The Hall–Kier alpha value is -3.35. The van der Waals surface area contributed by atoms with Crippen molar-refractivity contribution in [3.8, 4) is 0 Å². The minimum absolute atomic E-state index is 0.222. The summed E-state index contributed by atoms with van der Waals surface area (Å²) < 4.78 is 17.5. The average Bonchev–Trinajstić information content (AvgIpc) is 3.10. The molecule has 11 nitrogen and oxygen atoms in total. The zero-order valence-electron chi connectivity index (χ0n) is 29.0. The highest BCUT2D eigenvalue weighted by Gasteiger charge is 2.21. The second-order valence-electron chi connectivity index (χ2n) is 12.1. The number of hydrogen-bond donors (Lipinski definition) is 1. The fourth-order valence-electron chi connectivity index (χ4n) is 5.77. The molecule has 2 heterocycles. The number of nitrogens with two attached hydrogens (primary N) is 1. The number of rotatable bonds is 19. The molecule has 1 aromatic rings. The first kappa shape index (κ1) is 38.1. The standard InChI is InChI=1S/C36H58N8O3/c1-31(2)44(25-28-46-26-23-41-19-21-42(22-20-41)24-27-47-30-32-11-7-6-8-12-32)35(34(29-37)38-3)13-9-10-16-40-36(39-4)43-17-14-33(45-5)15-18-43/h6-8,10-13,16,29,31,33H,3-4,9,14-15,17-28,30,37H2,1-2,5H3/b16-10-,34-29+,35-13+,40-36?. The molecule has 0 aliphatic carbocycles. The van der Waals surface area contributed by atoms with E-state index < -0.39 is 0 Å². The maximum Gasteiger partial charge on any atom is 0.224 e. The van der Waals surface area contributed by atoms with E-state index in [-0.39, 0.29) is 6.04 Å². The lowest BCUT2D eigenvalue weighted by Crippen LogP contribution is -2.48. The molecule has 47 heavy (non-hydrogen) atoms. The van der Waals surface area contributed by atoms with Crippen LogP contribution in [-0.2, 0) is 20.8 Å². The van der Waals surface area contributed by atoms with Crippen molar-refractivity contribution in [3.63, 3.8) is 0 Å². The number of nitrogens with zero attached hydrogens (tertiary/aromatic N) is 7. The van der Waals surface area contributed by atoms with Gasteiger partial charge in [0, 0.05) is 84.5 Å². The second-order valence-corrected chi connectivity index (χ2v) is 12.1. The molecule has 1 aromatic carbocycles. The van der Waals surface area contributed by atoms with Crippen molar-refractivity contribution in [2.24, 2.45) is 20.7 Å². The Kier molecular flexibility index (Phi) is 18.0. The smallest absolute Gasteiger partial charge is 0.224 e. The van der Waals surface area contributed by atoms with Crippen LogP contribution in [0.5, 0.6) is 0 Å². The molecule has 260 valence electrons. The summed E-state index contributed by atoms with van der Waals surface area (Å²) >= 11 is 0. The van der Waals surface area contributed by atoms with Crippen molar-refractivity contribution in [1.29, 1.82) is 0 Å². The van der Waals surface area contributed by atoms with E-state index in [4.69, 9.17) is 19.9 Å². The van der Waals surface area contributed by atoms with Crippen molar-refractivity contribution in [2.45, 2.75) is 51.9 Å². The summed E-state index contributed by atoms with van der Waals surface area (Å²) in [7, 11) is 1.77. The van der Waals surface area contributed by atoms with Crippen molar-refractivity contribution < 1.29 is 14.2 Å². The Labute approximate surface area is 283 Å². The molecule has 0 saturated carbocycles. The Balaban J connectivity index is 1.39. The lowest BCUT2D eigenvalue weighted by molar-refractivity contribution is 0.0489. The Bertz CT molecular complexity index is 1150. The highest BCUT2D eigenvalue weighted by Crippen LogP contribution is 2.20. The third kappa shape index (κ3) is 13.7. The summed E-state index contributed by atoms with van der Waals surface area (Å²) in [6.07, 6.45) is 10.3. The SMILES string of the molecule is C=NC(=N/C=C\C/C=C(\C(=C/N)N=C)N(CCOCCN1CCN(CCOCc2ccccc2)CC1)C(C)C)N1CCC(OC)CC1. The van der Waals surface area contributed by atoms with Crippen LogP contribution in [0.4, 0.5) is 0 Å². The summed E-state index contributed by atoms with van der Waals surface area (Å²) in [5, 5.41) is 0. The van der Waals surface area contributed by atoms with Crippen molar-refractivity contribution in [1.82, 2.24) is 19.6 Å². The third-order valence-electron chi connectivity index (χ3n) is 8.62. The van der Waals surface area contributed by atoms with Gasteiger partial charge in [0.25, 0.3) is 0 Å². The van der Waals surface area contributed by atoms with Crippen LogP contribution in [0.1, 0.15) is 38.7 Å². The topological polar surface area (TPSA) is 104 Å². The maximum atomic E-state index is 6.11. The van der Waals surface area contributed by atoms with Gasteiger partial charge in [-0.15, -0.1) is 0 Å². The van der Waals surface area contributed by atoms with Gasteiger partial charge in [-0.05, 0) is 52.1 Å². The maximum absolute atomic E-state index is 6.11. The van der Waals surface area contributed by atoms with E-state index in [9.17, 15) is 0 Å². The molecular weight excluding hydrogens is 592 g/mol. The summed E-state index contributed by atoms with van der Waals surface area (Å²) in [4.78, 5) is 22.3. The molecule has 0 radical (unpaired) electrons. The highest BCUT2D eigenvalue weighted by molar-refractivity contribution is 5.84. The minimum Gasteiger partial charge on any atom is -0.403 e. The fraction of sp³-hybridized carbons (Fsp3) is 0.583. The van der Waals surface area contributed by atoms with Gasteiger partial charge in [-0.25, -0.2) is 9.98 Å². The molecule has 3 rings (SSSR count). The number of methoxy groups -OCH3 is 1. The molecule has 0 unspecified atom stereocenters. The van der Waals surface area contributed by atoms with Gasteiger partial charge < -0.3 is 29.7 Å². The number of likely N-dealkylation sites (tertiary alicyclic amines) is 1. The number of benzene rings is 1. The fourth-order valence-corrected chi connectivity index (χ4v) is 5.77.